The summed E-state index contributed by atoms with van der Waals surface area (Å²) in [6.45, 7) is 0. The van der Waals surface area contributed by atoms with E-state index in [2.05, 4.69) is 53.6 Å². The Hall–Kier alpha value is -1.63. The number of hydrogen-bond donors (Lipinski definition) is 0. The second-order valence-electron chi connectivity index (χ2n) is 4.11. The maximum absolute atomic E-state index is 4.62. The van der Waals surface area contributed by atoms with Crippen molar-refractivity contribution in [2.45, 2.75) is 12.5 Å². The molecule has 1 heterocycles. The minimum Gasteiger partial charge on any atom is -0.284 e. The molecule has 15 heavy (non-hydrogen) atoms. The standard InChI is InChI=1S/C14H13N/c1-2-7-13-10-15-14-8-4-3-6-12(14)9-11(13)5-1/h1-8,10,12,14H,9H2. The summed E-state index contributed by atoms with van der Waals surface area (Å²) in [6, 6.07) is 8.86. The first-order chi connectivity index (χ1) is 7.43. The molecule has 1 aliphatic carbocycles. The van der Waals surface area contributed by atoms with Crippen LogP contribution in [0.25, 0.3) is 0 Å². The Balaban J connectivity index is 2.04. The molecule has 1 heteroatoms. The quantitative estimate of drug-likeness (QED) is 0.603. The second-order valence-corrected chi connectivity index (χ2v) is 4.11. The average Bonchev–Trinajstić information content (AvgIpc) is 2.48. The van der Waals surface area contributed by atoms with Crippen LogP contribution in [0.4, 0.5) is 0 Å². The van der Waals surface area contributed by atoms with E-state index in [1.807, 2.05) is 6.21 Å². The monoisotopic (exact) mass is 195 g/mol. The molecule has 1 nitrogen and oxygen atoms in total. The Morgan fingerprint density at radius 3 is 2.93 bits per heavy atom. The number of aliphatic imine (C=N–C) groups is 1. The predicted octanol–water partition coefficient (Wildman–Crippen LogP) is 2.77. The molecule has 1 aromatic rings. The van der Waals surface area contributed by atoms with Crippen LogP contribution in [-0.4, -0.2) is 12.3 Å². The van der Waals surface area contributed by atoms with Crippen molar-refractivity contribution in [1.82, 2.24) is 0 Å². The van der Waals surface area contributed by atoms with Crippen molar-refractivity contribution < 1.29 is 0 Å². The molecule has 0 N–H and O–H groups in total. The summed E-state index contributed by atoms with van der Waals surface area (Å²) in [5, 5.41) is 0. The van der Waals surface area contributed by atoms with Crippen LogP contribution in [0.5, 0.6) is 0 Å². The van der Waals surface area contributed by atoms with Crippen LogP contribution in [-0.2, 0) is 6.42 Å². The molecule has 0 radical (unpaired) electrons. The van der Waals surface area contributed by atoms with Crippen molar-refractivity contribution in [3.63, 3.8) is 0 Å². The van der Waals surface area contributed by atoms with Crippen molar-refractivity contribution in [1.29, 1.82) is 0 Å². The molecule has 2 aliphatic rings. The summed E-state index contributed by atoms with van der Waals surface area (Å²) in [4.78, 5) is 4.62. The highest BCUT2D eigenvalue weighted by Gasteiger charge is 2.20. The van der Waals surface area contributed by atoms with Crippen LogP contribution in [0.1, 0.15) is 11.1 Å². The fraction of sp³-hybridized carbons (Fsp3) is 0.214. The van der Waals surface area contributed by atoms with E-state index in [1.165, 1.54) is 11.1 Å². The molecular weight excluding hydrogens is 182 g/mol. The fourth-order valence-electron chi connectivity index (χ4n) is 2.26. The smallest absolute Gasteiger partial charge is 0.0748 e. The third-order valence-corrected chi connectivity index (χ3v) is 3.11. The van der Waals surface area contributed by atoms with Gasteiger partial charge in [-0.15, -0.1) is 0 Å². The van der Waals surface area contributed by atoms with Gasteiger partial charge in [0.25, 0.3) is 0 Å². The van der Waals surface area contributed by atoms with E-state index in [9.17, 15) is 0 Å². The maximum Gasteiger partial charge on any atom is 0.0748 e. The van der Waals surface area contributed by atoms with Gasteiger partial charge in [0, 0.05) is 12.1 Å². The molecule has 0 bridgehead atoms. The molecule has 74 valence electrons. The van der Waals surface area contributed by atoms with Crippen LogP contribution in [0.15, 0.2) is 53.6 Å². The van der Waals surface area contributed by atoms with Gasteiger partial charge in [0.1, 0.15) is 0 Å². The summed E-state index contributed by atoms with van der Waals surface area (Å²) >= 11 is 0. The topological polar surface area (TPSA) is 12.4 Å². The molecule has 0 fully saturated rings. The second kappa shape index (κ2) is 3.50. The molecule has 0 saturated heterocycles. The zero-order valence-corrected chi connectivity index (χ0v) is 8.51. The minimum atomic E-state index is 0.336. The summed E-state index contributed by atoms with van der Waals surface area (Å²) < 4.78 is 0. The van der Waals surface area contributed by atoms with Crippen molar-refractivity contribution in [3.05, 3.63) is 59.7 Å². The number of hydrogen-bond acceptors (Lipinski definition) is 1. The highest BCUT2D eigenvalue weighted by molar-refractivity contribution is 5.82. The minimum absolute atomic E-state index is 0.336. The largest absolute Gasteiger partial charge is 0.284 e. The third-order valence-electron chi connectivity index (χ3n) is 3.11. The maximum atomic E-state index is 4.62. The molecule has 0 spiro atoms. The number of allylic oxidation sites excluding steroid dienone is 2. The van der Waals surface area contributed by atoms with Gasteiger partial charge in [0.2, 0.25) is 0 Å². The van der Waals surface area contributed by atoms with Gasteiger partial charge in [-0.05, 0) is 17.5 Å². The Morgan fingerprint density at radius 2 is 1.93 bits per heavy atom. The lowest BCUT2D eigenvalue weighted by atomic mass is 9.89. The molecule has 1 aliphatic heterocycles. The van der Waals surface area contributed by atoms with Gasteiger partial charge >= 0.3 is 0 Å². The van der Waals surface area contributed by atoms with Crippen LogP contribution in [0.2, 0.25) is 0 Å². The number of nitrogens with zero attached hydrogens (tertiary/aromatic N) is 1. The van der Waals surface area contributed by atoms with Crippen molar-refractivity contribution >= 4 is 6.21 Å². The summed E-state index contributed by atoms with van der Waals surface area (Å²) in [7, 11) is 0. The molecule has 0 saturated carbocycles. The first kappa shape index (κ1) is 8.66. The fourth-order valence-corrected chi connectivity index (χ4v) is 2.26. The first-order valence-electron chi connectivity index (χ1n) is 5.39. The molecule has 0 amide bonds. The van der Waals surface area contributed by atoms with Crippen molar-refractivity contribution in [2.24, 2.45) is 10.9 Å². The van der Waals surface area contributed by atoms with E-state index in [-0.39, 0.29) is 0 Å². The molecule has 0 aromatic heterocycles. The summed E-state index contributed by atoms with van der Waals surface area (Å²) in [6.07, 6.45) is 11.8. The number of benzene rings is 1. The van der Waals surface area contributed by atoms with Crippen LogP contribution < -0.4 is 0 Å². The molecular formula is C14H13N. The molecule has 3 rings (SSSR count). The average molecular weight is 195 g/mol. The van der Waals surface area contributed by atoms with Crippen molar-refractivity contribution in [3.8, 4) is 0 Å². The Bertz CT molecular complexity index is 454. The lowest BCUT2D eigenvalue weighted by Gasteiger charge is -2.18. The van der Waals surface area contributed by atoms with E-state index >= 15 is 0 Å². The zero-order valence-electron chi connectivity index (χ0n) is 8.51. The first-order valence-corrected chi connectivity index (χ1v) is 5.39. The van der Waals surface area contributed by atoms with E-state index < -0.39 is 0 Å². The lowest BCUT2D eigenvalue weighted by Crippen LogP contribution is -2.17. The van der Waals surface area contributed by atoms with E-state index in [0.29, 0.717) is 12.0 Å². The highest BCUT2D eigenvalue weighted by atomic mass is 14.8. The Labute approximate surface area is 89.9 Å². The SMILES string of the molecule is C1=CC2Cc3ccccc3C=NC2C=C1. The molecule has 2 unspecified atom stereocenters. The Kier molecular flexibility index (Phi) is 2.02. The summed E-state index contributed by atoms with van der Waals surface area (Å²) in [5.74, 6) is 0.537. The van der Waals surface area contributed by atoms with Crippen LogP contribution in [0, 0.1) is 5.92 Å². The van der Waals surface area contributed by atoms with Gasteiger partial charge in [0.15, 0.2) is 0 Å². The molecule has 2 atom stereocenters. The van der Waals surface area contributed by atoms with E-state index in [4.69, 9.17) is 0 Å². The third kappa shape index (κ3) is 1.54. The lowest BCUT2D eigenvalue weighted by molar-refractivity contribution is 0.576. The van der Waals surface area contributed by atoms with Crippen LogP contribution >= 0.6 is 0 Å². The van der Waals surface area contributed by atoms with Gasteiger partial charge in [-0.25, -0.2) is 0 Å². The van der Waals surface area contributed by atoms with E-state index in [1.54, 1.807) is 0 Å². The summed E-state index contributed by atoms with van der Waals surface area (Å²) in [5.41, 5.74) is 2.68. The van der Waals surface area contributed by atoms with E-state index in [0.717, 1.165) is 6.42 Å². The van der Waals surface area contributed by atoms with Gasteiger partial charge in [-0.2, -0.15) is 0 Å². The predicted molar refractivity (Wildman–Crippen MR) is 63.3 cm³/mol. The normalized spacial score (nSPS) is 26.9. The number of fused-ring (bicyclic) bond motifs is 2. The molecule has 1 aromatic carbocycles. The van der Waals surface area contributed by atoms with Gasteiger partial charge < -0.3 is 0 Å². The highest BCUT2D eigenvalue weighted by Crippen LogP contribution is 2.25. The van der Waals surface area contributed by atoms with Gasteiger partial charge in [-0.1, -0.05) is 48.6 Å². The van der Waals surface area contributed by atoms with Gasteiger partial charge in [0.05, 0.1) is 6.04 Å². The van der Waals surface area contributed by atoms with Crippen LogP contribution in [0.3, 0.4) is 0 Å². The van der Waals surface area contributed by atoms with Crippen molar-refractivity contribution in [2.75, 3.05) is 0 Å². The zero-order chi connectivity index (χ0) is 10.1. The number of rotatable bonds is 0. The van der Waals surface area contributed by atoms with Gasteiger partial charge in [-0.3, -0.25) is 4.99 Å². The Morgan fingerprint density at radius 1 is 1.07 bits per heavy atom.